The Hall–Kier alpha value is -1.28. The number of rotatable bonds is 3. The number of nitrogens with zero attached hydrogens (tertiary/aromatic N) is 3. The third-order valence-corrected chi connectivity index (χ3v) is 4.47. The summed E-state index contributed by atoms with van der Waals surface area (Å²) in [6.07, 6.45) is 3.70. The lowest BCUT2D eigenvalue weighted by Gasteiger charge is -2.24. The van der Waals surface area contributed by atoms with Gasteiger partial charge in [0, 0.05) is 18.7 Å². The molecule has 0 amide bonds. The minimum absolute atomic E-state index is 0.0242. The maximum Gasteiger partial charge on any atom is 0.485 e. The van der Waals surface area contributed by atoms with E-state index in [1.807, 2.05) is 7.05 Å². The average molecular weight is 255 g/mol. The molecule has 1 aromatic rings. The van der Waals surface area contributed by atoms with Crippen LogP contribution in [0.25, 0.3) is 0 Å². The molecule has 0 aliphatic carbocycles. The fourth-order valence-electron chi connectivity index (χ4n) is 1.81. The minimum Gasteiger partial charge on any atom is -0.427 e. The molecule has 0 saturated carbocycles. The molecule has 1 N–H and O–H groups in total. The standard InChI is InChI=1S/C9H14BN3O3S/c1-3-6-17(15,16)13-10(14)8-4-5-12(2)9(8)7-11-13/h4-5,7,14H,3,6H2,1-2H3. The van der Waals surface area contributed by atoms with E-state index in [0.29, 0.717) is 11.9 Å². The number of hydrazone groups is 1. The molecule has 6 nitrogen and oxygen atoms in total. The van der Waals surface area contributed by atoms with Gasteiger partial charge in [-0.25, -0.2) is 12.7 Å². The van der Waals surface area contributed by atoms with Crippen LogP contribution in [-0.4, -0.2) is 41.4 Å². The molecule has 0 saturated heterocycles. The summed E-state index contributed by atoms with van der Waals surface area (Å²) >= 11 is 0. The van der Waals surface area contributed by atoms with Crippen molar-refractivity contribution in [2.75, 3.05) is 5.75 Å². The van der Waals surface area contributed by atoms with Crippen LogP contribution in [0.4, 0.5) is 0 Å². The summed E-state index contributed by atoms with van der Waals surface area (Å²) < 4.78 is 26.3. The largest absolute Gasteiger partial charge is 0.485 e. The molecule has 1 aliphatic rings. The van der Waals surface area contributed by atoms with Crippen LogP contribution in [0.2, 0.25) is 0 Å². The molecule has 1 aliphatic heterocycles. The zero-order valence-electron chi connectivity index (χ0n) is 9.74. The molecule has 0 spiro atoms. The van der Waals surface area contributed by atoms with Crippen LogP contribution in [0, 0.1) is 0 Å². The van der Waals surface area contributed by atoms with Crippen LogP contribution < -0.4 is 5.46 Å². The van der Waals surface area contributed by atoms with Gasteiger partial charge in [-0.1, -0.05) is 6.92 Å². The number of sulfonamides is 1. The Labute approximate surface area is 101 Å². The first-order valence-corrected chi connectivity index (χ1v) is 6.97. The molecule has 0 bridgehead atoms. The Bertz CT molecular complexity index is 552. The van der Waals surface area contributed by atoms with Crippen LogP contribution in [0.5, 0.6) is 0 Å². The van der Waals surface area contributed by atoms with Crippen molar-refractivity contribution in [3.8, 4) is 0 Å². The normalized spacial score (nSPS) is 15.2. The van der Waals surface area contributed by atoms with Crippen LogP contribution in [0.3, 0.4) is 0 Å². The fraction of sp³-hybridized carbons (Fsp3) is 0.444. The SMILES string of the molecule is CCCS(=O)(=O)N1N=Cc2c(ccn2C)B1O. The van der Waals surface area contributed by atoms with Crippen molar-refractivity contribution in [3.05, 3.63) is 18.0 Å². The molecule has 0 fully saturated rings. The molecule has 0 aromatic carbocycles. The minimum atomic E-state index is -3.54. The quantitative estimate of drug-likeness (QED) is 0.711. The summed E-state index contributed by atoms with van der Waals surface area (Å²) in [7, 11) is -2.96. The van der Waals surface area contributed by atoms with Crippen LogP contribution >= 0.6 is 0 Å². The first kappa shape index (κ1) is 12.2. The zero-order chi connectivity index (χ0) is 12.6. The van der Waals surface area contributed by atoms with E-state index in [-0.39, 0.29) is 5.75 Å². The lowest BCUT2D eigenvalue weighted by Crippen LogP contribution is -2.52. The Balaban J connectivity index is 2.39. The second kappa shape index (κ2) is 4.19. The van der Waals surface area contributed by atoms with Gasteiger partial charge in [-0.2, -0.15) is 5.10 Å². The van der Waals surface area contributed by atoms with E-state index in [9.17, 15) is 13.4 Å². The van der Waals surface area contributed by atoms with Gasteiger partial charge in [0.15, 0.2) is 0 Å². The molecule has 17 heavy (non-hydrogen) atoms. The molecular weight excluding hydrogens is 241 g/mol. The van der Waals surface area contributed by atoms with Crippen molar-refractivity contribution >= 4 is 28.8 Å². The second-order valence-electron chi connectivity index (χ2n) is 3.97. The van der Waals surface area contributed by atoms with Crippen molar-refractivity contribution in [3.63, 3.8) is 0 Å². The van der Waals surface area contributed by atoms with Crippen LogP contribution in [0.15, 0.2) is 17.4 Å². The van der Waals surface area contributed by atoms with E-state index in [4.69, 9.17) is 0 Å². The van der Waals surface area contributed by atoms with Crippen molar-refractivity contribution in [1.29, 1.82) is 0 Å². The van der Waals surface area contributed by atoms with Gasteiger partial charge >= 0.3 is 7.05 Å². The van der Waals surface area contributed by atoms with E-state index < -0.39 is 17.1 Å². The highest BCUT2D eigenvalue weighted by Crippen LogP contribution is 2.12. The summed E-state index contributed by atoms with van der Waals surface area (Å²) in [5, 5.41) is 13.8. The predicted molar refractivity (Wildman–Crippen MR) is 66.5 cm³/mol. The van der Waals surface area contributed by atoms with E-state index in [1.165, 1.54) is 6.21 Å². The maximum absolute atomic E-state index is 11.9. The Kier molecular flexibility index (Phi) is 3.01. The monoisotopic (exact) mass is 255 g/mol. The third-order valence-electron chi connectivity index (χ3n) is 2.68. The number of hydrogen-bond acceptors (Lipinski definition) is 4. The molecule has 0 unspecified atom stereocenters. The molecule has 1 aromatic heterocycles. The van der Waals surface area contributed by atoms with Gasteiger partial charge in [0.05, 0.1) is 17.7 Å². The molecule has 92 valence electrons. The maximum atomic E-state index is 11.9. The zero-order valence-corrected chi connectivity index (χ0v) is 10.6. The van der Waals surface area contributed by atoms with Gasteiger partial charge in [0.25, 0.3) is 0 Å². The van der Waals surface area contributed by atoms with Crippen molar-refractivity contribution in [2.24, 2.45) is 12.1 Å². The van der Waals surface area contributed by atoms with Gasteiger partial charge in [0.2, 0.25) is 10.0 Å². The summed E-state index contributed by atoms with van der Waals surface area (Å²) in [5.74, 6) is -0.0242. The van der Waals surface area contributed by atoms with E-state index in [2.05, 4.69) is 5.10 Å². The Morgan fingerprint density at radius 1 is 1.53 bits per heavy atom. The molecule has 8 heteroatoms. The molecule has 0 atom stereocenters. The first-order valence-electron chi connectivity index (χ1n) is 5.36. The lowest BCUT2D eigenvalue weighted by atomic mass is 9.74. The third kappa shape index (κ3) is 1.98. The van der Waals surface area contributed by atoms with Crippen molar-refractivity contribution in [1.82, 2.24) is 8.89 Å². The lowest BCUT2D eigenvalue weighted by molar-refractivity contribution is 0.475. The number of fused-ring (bicyclic) bond motifs is 1. The van der Waals surface area contributed by atoms with Gasteiger partial charge in [-0.15, -0.1) is 0 Å². The van der Waals surface area contributed by atoms with Crippen LogP contribution in [-0.2, 0) is 17.1 Å². The molecule has 0 radical (unpaired) electrons. The van der Waals surface area contributed by atoms with E-state index >= 15 is 0 Å². The molecular formula is C9H14BN3O3S. The Morgan fingerprint density at radius 2 is 2.24 bits per heavy atom. The molecule has 2 rings (SSSR count). The van der Waals surface area contributed by atoms with Gasteiger partial charge < -0.3 is 9.59 Å². The van der Waals surface area contributed by atoms with Gasteiger partial charge in [-0.05, 0) is 12.5 Å². The van der Waals surface area contributed by atoms with E-state index in [1.54, 1.807) is 23.8 Å². The van der Waals surface area contributed by atoms with Crippen molar-refractivity contribution < 1.29 is 13.4 Å². The van der Waals surface area contributed by atoms with Gasteiger partial charge in [-0.3, -0.25) is 0 Å². The van der Waals surface area contributed by atoms with Crippen molar-refractivity contribution in [2.45, 2.75) is 13.3 Å². The highest BCUT2D eigenvalue weighted by atomic mass is 32.2. The highest BCUT2D eigenvalue weighted by molar-refractivity contribution is 7.90. The second-order valence-corrected chi connectivity index (χ2v) is 5.92. The van der Waals surface area contributed by atoms with E-state index in [0.717, 1.165) is 10.0 Å². The Morgan fingerprint density at radius 3 is 2.88 bits per heavy atom. The summed E-state index contributed by atoms with van der Waals surface area (Å²) in [6, 6.07) is 1.69. The highest BCUT2D eigenvalue weighted by Gasteiger charge is 2.37. The summed E-state index contributed by atoms with van der Waals surface area (Å²) in [5.41, 5.74) is 1.28. The van der Waals surface area contributed by atoms with Crippen LogP contribution in [0.1, 0.15) is 19.0 Å². The topological polar surface area (TPSA) is 74.9 Å². The number of aryl methyl sites for hydroxylation is 1. The summed E-state index contributed by atoms with van der Waals surface area (Å²) in [6.45, 7) is 1.77. The number of hydrogen-bond donors (Lipinski definition) is 1. The fourth-order valence-corrected chi connectivity index (χ4v) is 3.13. The number of aromatic nitrogens is 1. The summed E-state index contributed by atoms with van der Waals surface area (Å²) in [4.78, 5) is 0. The smallest absolute Gasteiger partial charge is 0.427 e. The average Bonchev–Trinajstić information content (AvgIpc) is 2.61. The first-order chi connectivity index (χ1) is 7.97. The van der Waals surface area contributed by atoms with Gasteiger partial charge in [0.1, 0.15) is 0 Å². The predicted octanol–water partition coefficient (Wildman–Crippen LogP) is -0.898. The molecule has 2 heterocycles.